The summed E-state index contributed by atoms with van der Waals surface area (Å²) < 4.78 is 16.5. The van der Waals surface area contributed by atoms with Crippen LogP contribution in [0.4, 0.5) is 0 Å². The molecule has 1 fully saturated rings. The number of ether oxygens (including phenoxy) is 3. The van der Waals surface area contributed by atoms with E-state index in [-0.39, 0.29) is 6.54 Å². The Balaban J connectivity index is 1.79. The van der Waals surface area contributed by atoms with E-state index in [1.165, 1.54) is 32.1 Å². The van der Waals surface area contributed by atoms with Gasteiger partial charge in [-0.15, -0.1) is 0 Å². The van der Waals surface area contributed by atoms with Crippen LogP contribution in [0.1, 0.15) is 57.1 Å². The fraction of sp³-hybridized carbons (Fsp3) is 0.682. The van der Waals surface area contributed by atoms with Crippen molar-refractivity contribution in [1.82, 2.24) is 10.6 Å². The van der Waals surface area contributed by atoms with Crippen LogP contribution in [0.3, 0.4) is 0 Å². The first-order valence-corrected chi connectivity index (χ1v) is 10.7. The molecular formula is C22H37N3O4. The second kappa shape index (κ2) is 13.3. The number of methoxy groups -OCH3 is 2. The molecule has 0 amide bonds. The highest BCUT2D eigenvalue weighted by Crippen LogP contribution is 2.26. The molecule has 164 valence electrons. The number of aliphatic hydroxyl groups is 1. The van der Waals surface area contributed by atoms with Crippen molar-refractivity contribution in [2.45, 2.75) is 57.7 Å². The Kier molecular flexibility index (Phi) is 10.7. The molecule has 7 heteroatoms. The fourth-order valence-electron chi connectivity index (χ4n) is 3.41. The molecule has 1 aromatic carbocycles. The molecule has 1 atom stereocenters. The Labute approximate surface area is 174 Å². The average Bonchev–Trinajstić information content (AvgIpc) is 2.77. The molecule has 0 saturated heterocycles. The van der Waals surface area contributed by atoms with Gasteiger partial charge in [-0.05, 0) is 43.9 Å². The van der Waals surface area contributed by atoms with E-state index in [9.17, 15) is 5.11 Å². The van der Waals surface area contributed by atoms with Gasteiger partial charge in [0, 0.05) is 25.8 Å². The van der Waals surface area contributed by atoms with Gasteiger partial charge in [0.15, 0.2) is 5.96 Å². The summed E-state index contributed by atoms with van der Waals surface area (Å²) in [4.78, 5) is 4.51. The molecule has 7 nitrogen and oxygen atoms in total. The summed E-state index contributed by atoms with van der Waals surface area (Å²) in [5.74, 6) is 1.98. The van der Waals surface area contributed by atoms with Crippen LogP contribution in [-0.4, -0.2) is 57.6 Å². The van der Waals surface area contributed by atoms with Gasteiger partial charge in [0.25, 0.3) is 0 Å². The number of rotatable bonds is 11. The van der Waals surface area contributed by atoms with Crippen molar-refractivity contribution in [3.63, 3.8) is 0 Å². The quantitative estimate of drug-likeness (QED) is 0.297. The standard InChI is InChI=1S/C22H37N3O4/c1-4-23-22(24-11-8-12-29-18-9-6-5-7-10-18)25-16-21(26)17-13-19(27-2)15-20(14-17)28-3/h13-15,18,21,26H,4-12,16H2,1-3H3,(H2,23,24,25). The molecule has 1 saturated carbocycles. The van der Waals surface area contributed by atoms with E-state index < -0.39 is 6.10 Å². The number of aliphatic hydroxyl groups excluding tert-OH is 1. The largest absolute Gasteiger partial charge is 0.497 e. The van der Waals surface area contributed by atoms with Crippen molar-refractivity contribution in [2.24, 2.45) is 4.99 Å². The van der Waals surface area contributed by atoms with Crippen LogP contribution in [0.25, 0.3) is 0 Å². The second-order valence-corrected chi connectivity index (χ2v) is 7.29. The average molecular weight is 408 g/mol. The van der Waals surface area contributed by atoms with Crippen molar-refractivity contribution in [3.05, 3.63) is 23.8 Å². The number of hydrogen-bond acceptors (Lipinski definition) is 5. The van der Waals surface area contributed by atoms with Crippen LogP contribution >= 0.6 is 0 Å². The minimum Gasteiger partial charge on any atom is -0.497 e. The lowest BCUT2D eigenvalue weighted by Crippen LogP contribution is -2.38. The summed E-state index contributed by atoms with van der Waals surface area (Å²) in [7, 11) is 3.18. The zero-order valence-corrected chi connectivity index (χ0v) is 18.1. The molecule has 1 unspecified atom stereocenters. The third-order valence-corrected chi connectivity index (χ3v) is 5.04. The Morgan fingerprint density at radius 3 is 2.41 bits per heavy atom. The molecule has 0 aromatic heterocycles. The lowest BCUT2D eigenvalue weighted by atomic mass is 9.98. The summed E-state index contributed by atoms with van der Waals surface area (Å²) in [5, 5.41) is 17.1. The van der Waals surface area contributed by atoms with E-state index in [4.69, 9.17) is 14.2 Å². The van der Waals surface area contributed by atoms with E-state index in [0.717, 1.165) is 26.1 Å². The summed E-state index contributed by atoms with van der Waals surface area (Å²) in [5.41, 5.74) is 0.710. The predicted octanol–water partition coefficient (Wildman–Crippen LogP) is 3.03. The van der Waals surface area contributed by atoms with Gasteiger partial charge in [-0.1, -0.05) is 19.3 Å². The van der Waals surface area contributed by atoms with Gasteiger partial charge in [-0.3, -0.25) is 4.99 Å². The number of guanidine groups is 1. The summed E-state index contributed by atoms with van der Waals surface area (Å²) >= 11 is 0. The lowest BCUT2D eigenvalue weighted by Gasteiger charge is -2.22. The maximum absolute atomic E-state index is 10.5. The van der Waals surface area contributed by atoms with Crippen molar-refractivity contribution in [2.75, 3.05) is 40.5 Å². The van der Waals surface area contributed by atoms with E-state index in [2.05, 4.69) is 15.6 Å². The maximum Gasteiger partial charge on any atom is 0.191 e. The van der Waals surface area contributed by atoms with Crippen LogP contribution in [0, 0.1) is 0 Å². The van der Waals surface area contributed by atoms with Crippen LogP contribution in [0.15, 0.2) is 23.2 Å². The second-order valence-electron chi connectivity index (χ2n) is 7.29. The van der Waals surface area contributed by atoms with Gasteiger partial charge < -0.3 is 30.0 Å². The molecule has 1 aliphatic carbocycles. The maximum atomic E-state index is 10.5. The van der Waals surface area contributed by atoms with Crippen molar-refractivity contribution in [3.8, 4) is 11.5 Å². The Bertz CT molecular complexity index is 596. The first-order chi connectivity index (χ1) is 14.2. The molecule has 0 spiro atoms. The Morgan fingerprint density at radius 2 is 1.79 bits per heavy atom. The van der Waals surface area contributed by atoms with Crippen molar-refractivity contribution < 1.29 is 19.3 Å². The zero-order valence-electron chi connectivity index (χ0n) is 18.1. The number of aliphatic imine (C=N–C) groups is 1. The number of nitrogens with zero attached hydrogens (tertiary/aromatic N) is 1. The normalized spacial score (nSPS) is 16.3. The number of benzene rings is 1. The highest BCUT2D eigenvalue weighted by molar-refractivity contribution is 5.79. The van der Waals surface area contributed by atoms with Gasteiger partial charge in [-0.2, -0.15) is 0 Å². The van der Waals surface area contributed by atoms with Gasteiger partial charge in [-0.25, -0.2) is 0 Å². The van der Waals surface area contributed by atoms with Gasteiger partial charge in [0.2, 0.25) is 0 Å². The van der Waals surface area contributed by atoms with Crippen molar-refractivity contribution >= 4 is 5.96 Å². The molecule has 0 radical (unpaired) electrons. The topological polar surface area (TPSA) is 84.3 Å². The summed E-state index contributed by atoms with van der Waals surface area (Å²) in [6.45, 7) is 4.56. The van der Waals surface area contributed by atoms with Crippen LogP contribution in [-0.2, 0) is 4.74 Å². The molecule has 29 heavy (non-hydrogen) atoms. The molecule has 0 heterocycles. The third kappa shape index (κ3) is 8.50. The van der Waals surface area contributed by atoms with Gasteiger partial charge in [0.05, 0.1) is 33.0 Å². The zero-order chi connectivity index (χ0) is 20.9. The van der Waals surface area contributed by atoms with Crippen LogP contribution in [0.5, 0.6) is 11.5 Å². The summed E-state index contributed by atoms with van der Waals surface area (Å²) in [6.07, 6.45) is 6.96. The minimum atomic E-state index is -0.746. The smallest absolute Gasteiger partial charge is 0.191 e. The Hall–Kier alpha value is -1.99. The van der Waals surface area contributed by atoms with Gasteiger partial charge in [0.1, 0.15) is 11.5 Å². The molecule has 2 rings (SSSR count). The Morgan fingerprint density at radius 1 is 1.10 bits per heavy atom. The van der Waals surface area contributed by atoms with Crippen LogP contribution < -0.4 is 20.1 Å². The van der Waals surface area contributed by atoms with Crippen molar-refractivity contribution in [1.29, 1.82) is 0 Å². The van der Waals surface area contributed by atoms with Gasteiger partial charge >= 0.3 is 0 Å². The molecule has 1 aliphatic rings. The predicted molar refractivity (Wildman–Crippen MR) is 116 cm³/mol. The minimum absolute atomic E-state index is 0.240. The lowest BCUT2D eigenvalue weighted by molar-refractivity contribution is 0.0277. The molecular weight excluding hydrogens is 370 g/mol. The highest BCUT2D eigenvalue weighted by atomic mass is 16.5. The first kappa shape index (κ1) is 23.3. The fourth-order valence-corrected chi connectivity index (χ4v) is 3.41. The third-order valence-electron chi connectivity index (χ3n) is 5.04. The number of nitrogens with one attached hydrogen (secondary N) is 2. The van der Waals surface area contributed by atoms with Crippen LogP contribution in [0.2, 0.25) is 0 Å². The highest BCUT2D eigenvalue weighted by Gasteiger charge is 2.13. The molecule has 0 aliphatic heterocycles. The molecule has 0 bridgehead atoms. The van der Waals surface area contributed by atoms with E-state index >= 15 is 0 Å². The van der Waals surface area contributed by atoms with E-state index in [1.54, 1.807) is 32.4 Å². The first-order valence-electron chi connectivity index (χ1n) is 10.7. The van der Waals surface area contributed by atoms with E-state index in [0.29, 0.717) is 29.1 Å². The molecule has 1 aromatic rings. The van der Waals surface area contributed by atoms with E-state index in [1.807, 2.05) is 6.92 Å². The monoisotopic (exact) mass is 407 g/mol. The SMILES string of the molecule is CCNC(=NCC(O)c1cc(OC)cc(OC)c1)NCCCOC1CCCCC1. The number of hydrogen-bond donors (Lipinski definition) is 3. The molecule has 3 N–H and O–H groups in total. The summed E-state index contributed by atoms with van der Waals surface area (Å²) in [6, 6.07) is 5.37.